The number of furan rings is 1. The molecule has 0 saturated carbocycles. The van der Waals surface area contributed by atoms with Crippen LogP contribution in [0.15, 0.2) is 241 Å². The van der Waals surface area contributed by atoms with E-state index in [1.54, 1.807) is 0 Å². The van der Waals surface area contributed by atoms with Gasteiger partial charge in [0.15, 0.2) is 0 Å². The fourth-order valence-corrected chi connectivity index (χ4v) is 11.6. The van der Waals surface area contributed by atoms with Gasteiger partial charge in [-0.1, -0.05) is 208 Å². The van der Waals surface area contributed by atoms with Crippen LogP contribution < -0.4 is 4.90 Å². The summed E-state index contributed by atoms with van der Waals surface area (Å²) in [6.07, 6.45) is 0. The lowest BCUT2D eigenvalue weighted by Gasteiger charge is -2.34. The first-order valence-electron chi connectivity index (χ1n) is 23.0. The minimum Gasteiger partial charge on any atom is -0.455 e. The van der Waals surface area contributed by atoms with Crippen LogP contribution in [0.3, 0.4) is 0 Å². The molecule has 0 saturated heterocycles. The van der Waals surface area contributed by atoms with Gasteiger partial charge in [0.2, 0.25) is 0 Å². The van der Waals surface area contributed by atoms with Crippen molar-refractivity contribution in [3.63, 3.8) is 0 Å². The highest BCUT2D eigenvalue weighted by Gasteiger charge is 2.47. The van der Waals surface area contributed by atoms with Gasteiger partial charge in [0.25, 0.3) is 0 Å². The molecule has 0 unspecified atom stereocenters. The number of nitrogens with zero attached hydrogens (tertiary/aromatic N) is 1. The second-order valence-electron chi connectivity index (χ2n) is 18.4. The third-order valence-corrected chi connectivity index (χ3v) is 14.6. The van der Waals surface area contributed by atoms with Crippen molar-refractivity contribution in [1.82, 2.24) is 0 Å². The summed E-state index contributed by atoms with van der Waals surface area (Å²) in [4.78, 5) is 2.48. The summed E-state index contributed by atoms with van der Waals surface area (Å²) in [6.45, 7) is 4.72. The highest BCUT2D eigenvalue weighted by molar-refractivity contribution is 6.09. The second-order valence-corrected chi connectivity index (χ2v) is 18.4. The molecule has 312 valence electrons. The van der Waals surface area contributed by atoms with Crippen molar-refractivity contribution in [2.45, 2.75) is 24.7 Å². The normalized spacial score (nSPS) is 13.8. The summed E-state index contributed by atoms with van der Waals surface area (Å²) in [6, 6.07) is 87.0. The average Bonchev–Trinajstić information content (AvgIpc) is 3.99. The molecule has 2 aliphatic carbocycles. The molecule has 0 amide bonds. The number of para-hydroxylation sites is 2. The van der Waals surface area contributed by atoms with Crippen molar-refractivity contribution in [3.8, 4) is 44.5 Å². The molecule has 0 fully saturated rings. The smallest absolute Gasteiger partial charge is 0.143 e. The topological polar surface area (TPSA) is 16.4 Å². The molecule has 10 aromatic carbocycles. The Morgan fingerprint density at radius 3 is 1.73 bits per heavy atom. The van der Waals surface area contributed by atoms with Crippen LogP contribution in [0.5, 0.6) is 0 Å². The molecule has 0 N–H and O–H groups in total. The summed E-state index contributed by atoms with van der Waals surface area (Å²) in [7, 11) is 0. The number of hydrogen-bond acceptors (Lipinski definition) is 2. The van der Waals surface area contributed by atoms with Crippen LogP contribution >= 0.6 is 0 Å². The van der Waals surface area contributed by atoms with Crippen LogP contribution in [0, 0.1) is 0 Å². The zero-order valence-electron chi connectivity index (χ0n) is 36.9. The van der Waals surface area contributed by atoms with Crippen LogP contribution in [-0.2, 0) is 10.8 Å². The molecule has 11 aromatic rings. The highest BCUT2D eigenvalue weighted by Crippen LogP contribution is 2.60. The number of hydrogen-bond donors (Lipinski definition) is 0. The zero-order chi connectivity index (χ0) is 44.0. The lowest BCUT2D eigenvalue weighted by molar-refractivity contribution is 0.660. The predicted molar refractivity (Wildman–Crippen MR) is 274 cm³/mol. The van der Waals surface area contributed by atoms with Gasteiger partial charge < -0.3 is 9.32 Å². The number of fused-ring (bicyclic) bond motifs is 9. The summed E-state index contributed by atoms with van der Waals surface area (Å²) in [5.41, 5.74) is 22.0. The Kier molecular flexibility index (Phi) is 8.51. The van der Waals surface area contributed by atoms with Crippen molar-refractivity contribution in [2.24, 2.45) is 0 Å². The number of rotatable bonds is 7. The highest BCUT2D eigenvalue weighted by atomic mass is 16.3. The molecule has 0 bridgehead atoms. The summed E-state index contributed by atoms with van der Waals surface area (Å²) in [5.74, 6) is 0. The van der Waals surface area contributed by atoms with E-state index in [9.17, 15) is 0 Å². The number of anilines is 3. The first-order valence-corrected chi connectivity index (χ1v) is 23.0. The van der Waals surface area contributed by atoms with Crippen molar-refractivity contribution < 1.29 is 4.42 Å². The third-order valence-electron chi connectivity index (χ3n) is 14.6. The van der Waals surface area contributed by atoms with Gasteiger partial charge in [0.05, 0.1) is 11.1 Å². The fourth-order valence-electron chi connectivity index (χ4n) is 11.6. The van der Waals surface area contributed by atoms with E-state index in [0.717, 1.165) is 50.1 Å². The van der Waals surface area contributed by atoms with Crippen LogP contribution in [0.25, 0.3) is 66.4 Å². The Balaban J connectivity index is 1.02. The Hall–Kier alpha value is -8.20. The average molecular weight is 844 g/mol. The molecule has 2 nitrogen and oxygen atoms in total. The van der Waals surface area contributed by atoms with Gasteiger partial charge in [-0.3, -0.25) is 0 Å². The van der Waals surface area contributed by atoms with Crippen molar-refractivity contribution in [2.75, 3.05) is 4.90 Å². The van der Waals surface area contributed by atoms with Crippen molar-refractivity contribution in [1.29, 1.82) is 0 Å². The molecule has 13 rings (SSSR count). The monoisotopic (exact) mass is 843 g/mol. The Bertz CT molecular complexity index is 3630. The largest absolute Gasteiger partial charge is 0.455 e. The fraction of sp³-hybridized carbons (Fsp3) is 0.0625. The molecule has 0 radical (unpaired) electrons. The van der Waals surface area contributed by atoms with E-state index in [-0.39, 0.29) is 5.41 Å². The molecule has 0 aliphatic heterocycles. The maximum absolute atomic E-state index is 6.53. The third kappa shape index (κ3) is 5.55. The van der Waals surface area contributed by atoms with Gasteiger partial charge >= 0.3 is 0 Å². The maximum Gasteiger partial charge on any atom is 0.143 e. The molecule has 2 heteroatoms. The van der Waals surface area contributed by atoms with Gasteiger partial charge in [-0.2, -0.15) is 0 Å². The van der Waals surface area contributed by atoms with E-state index in [2.05, 4.69) is 249 Å². The summed E-state index contributed by atoms with van der Waals surface area (Å²) >= 11 is 0. The van der Waals surface area contributed by atoms with E-state index in [0.29, 0.717) is 0 Å². The van der Waals surface area contributed by atoms with E-state index >= 15 is 0 Å². The van der Waals surface area contributed by atoms with E-state index in [1.807, 2.05) is 6.07 Å². The summed E-state index contributed by atoms with van der Waals surface area (Å²) in [5, 5.41) is 2.26. The minimum atomic E-state index is -0.526. The van der Waals surface area contributed by atoms with Gasteiger partial charge in [-0.25, -0.2) is 0 Å². The molecule has 1 heterocycles. The Labute approximate surface area is 385 Å². The molecular weight excluding hydrogens is 799 g/mol. The van der Waals surface area contributed by atoms with Gasteiger partial charge in [-0.15, -0.1) is 0 Å². The van der Waals surface area contributed by atoms with Crippen LogP contribution in [0.2, 0.25) is 0 Å². The zero-order valence-corrected chi connectivity index (χ0v) is 36.9. The number of benzene rings is 10. The minimum absolute atomic E-state index is 0.0952. The molecule has 2 aliphatic rings. The second kappa shape index (κ2) is 14.7. The van der Waals surface area contributed by atoms with Crippen molar-refractivity contribution >= 4 is 39.0 Å². The SMILES string of the molecule is CC1(C)c2ccccc2-c2ccc(-c3cccc(N(c4ccc(-c5cccc6c5oc5ccccc56)cc4)c4cccc5c4-c4ccccc4C5(c4ccccc4)c4ccccc4)c3)cc21. The standard InChI is InChI=1S/C64H45NO/c1-63(2)55-29-12-9-24-50(55)51-39-36-44(41-58(51)63)43-18-15-23-48(40-43)65(47-37-34-42(35-38-47)49-27-16-28-53-52-25-11-14-33-60(52)66-62(49)53)59-32-17-31-57-61(59)54-26-10-13-30-56(54)64(57,45-19-5-3-6-20-45)46-21-7-4-8-22-46/h3-41H,1-2H3. The molecule has 0 spiro atoms. The van der Waals surface area contributed by atoms with Gasteiger partial charge in [-0.05, 0) is 109 Å². The van der Waals surface area contributed by atoms with Crippen molar-refractivity contribution in [3.05, 3.63) is 270 Å². The molecule has 66 heavy (non-hydrogen) atoms. The van der Waals surface area contributed by atoms with Crippen LogP contribution in [0.1, 0.15) is 47.2 Å². The van der Waals surface area contributed by atoms with E-state index < -0.39 is 5.41 Å². The van der Waals surface area contributed by atoms with E-state index in [1.165, 1.54) is 66.8 Å². The van der Waals surface area contributed by atoms with Gasteiger partial charge in [0.1, 0.15) is 11.2 Å². The Morgan fingerprint density at radius 2 is 0.939 bits per heavy atom. The first-order chi connectivity index (χ1) is 32.5. The van der Waals surface area contributed by atoms with Crippen LogP contribution in [-0.4, -0.2) is 0 Å². The lowest BCUT2D eigenvalue weighted by Crippen LogP contribution is -2.28. The predicted octanol–water partition coefficient (Wildman–Crippen LogP) is 17.1. The maximum atomic E-state index is 6.53. The van der Waals surface area contributed by atoms with Crippen LogP contribution in [0.4, 0.5) is 17.1 Å². The molecule has 0 atom stereocenters. The van der Waals surface area contributed by atoms with E-state index in [4.69, 9.17) is 4.42 Å². The quantitative estimate of drug-likeness (QED) is 0.159. The first kappa shape index (κ1) is 38.3. The summed E-state index contributed by atoms with van der Waals surface area (Å²) < 4.78 is 6.53. The molecule has 1 aromatic heterocycles. The molecular formula is C64H45NO. The Morgan fingerprint density at radius 1 is 0.364 bits per heavy atom. The van der Waals surface area contributed by atoms with Gasteiger partial charge in [0, 0.05) is 38.7 Å². The lowest BCUT2D eigenvalue weighted by atomic mass is 9.68.